The van der Waals surface area contributed by atoms with Gasteiger partial charge in [-0.3, -0.25) is 4.79 Å². The molecular formula is C19H27N2O3+. The zero-order valence-electron chi connectivity index (χ0n) is 14.3. The maximum Gasteiger partial charge on any atom is 0.337 e. The van der Waals surface area contributed by atoms with Gasteiger partial charge in [0.2, 0.25) is 0 Å². The summed E-state index contributed by atoms with van der Waals surface area (Å²) in [6.07, 6.45) is 7.84. The van der Waals surface area contributed by atoms with Crippen LogP contribution in [0.15, 0.2) is 24.3 Å². The SMILES string of the molecule is COC(=O)c1ccc(NC(=O)C[NH+]2CCC[C@H]3CCCC[C@@H]32)cc1. The average molecular weight is 331 g/mol. The summed E-state index contributed by atoms with van der Waals surface area (Å²) in [5.74, 6) is 0.505. The molecule has 24 heavy (non-hydrogen) atoms. The number of amides is 1. The van der Waals surface area contributed by atoms with E-state index in [4.69, 9.17) is 0 Å². The molecule has 1 aromatic carbocycles. The molecule has 0 aromatic heterocycles. The number of fused-ring (bicyclic) bond motifs is 1. The topological polar surface area (TPSA) is 59.8 Å². The Morgan fingerprint density at radius 2 is 1.83 bits per heavy atom. The lowest BCUT2D eigenvalue weighted by Gasteiger charge is -2.40. The van der Waals surface area contributed by atoms with Crippen molar-refractivity contribution in [3.8, 4) is 0 Å². The Hall–Kier alpha value is -1.88. The van der Waals surface area contributed by atoms with Crippen LogP contribution in [0, 0.1) is 5.92 Å². The molecule has 0 spiro atoms. The van der Waals surface area contributed by atoms with E-state index in [0.717, 1.165) is 18.2 Å². The maximum atomic E-state index is 12.4. The van der Waals surface area contributed by atoms with E-state index in [1.54, 1.807) is 24.3 Å². The molecule has 3 atom stereocenters. The molecule has 5 heteroatoms. The van der Waals surface area contributed by atoms with Gasteiger partial charge in [-0.25, -0.2) is 4.79 Å². The zero-order chi connectivity index (χ0) is 16.9. The summed E-state index contributed by atoms with van der Waals surface area (Å²) in [5.41, 5.74) is 1.21. The number of rotatable bonds is 4. The number of carbonyl (C=O) groups is 2. The van der Waals surface area contributed by atoms with Crippen molar-refractivity contribution >= 4 is 17.6 Å². The third kappa shape index (κ3) is 3.96. The monoisotopic (exact) mass is 331 g/mol. The first-order valence-electron chi connectivity index (χ1n) is 9.00. The number of hydrogen-bond donors (Lipinski definition) is 2. The molecule has 1 saturated heterocycles. The van der Waals surface area contributed by atoms with Crippen LogP contribution < -0.4 is 10.2 Å². The highest BCUT2D eigenvalue weighted by Crippen LogP contribution is 2.28. The molecule has 2 aliphatic rings. The van der Waals surface area contributed by atoms with Crippen molar-refractivity contribution in [2.75, 3.05) is 25.5 Å². The molecule has 2 N–H and O–H groups in total. The first-order chi connectivity index (χ1) is 11.7. The first-order valence-corrected chi connectivity index (χ1v) is 9.00. The molecule has 0 radical (unpaired) electrons. The number of piperidine rings is 1. The van der Waals surface area contributed by atoms with Gasteiger partial charge in [0.25, 0.3) is 5.91 Å². The van der Waals surface area contributed by atoms with Crippen molar-refractivity contribution in [2.45, 2.75) is 44.6 Å². The molecule has 1 aliphatic carbocycles. The fourth-order valence-corrected chi connectivity index (χ4v) is 4.31. The quantitative estimate of drug-likeness (QED) is 0.825. The standard InChI is InChI=1S/C19H26N2O3/c1-24-19(23)15-8-10-16(11-9-15)20-18(22)13-21-12-4-6-14-5-2-3-7-17(14)21/h8-11,14,17H,2-7,12-13H2,1H3,(H,20,22)/p+1/t14-,17+/m1/s1. The van der Waals surface area contributed by atoms with Crippen LogP contribution in [0.3, 0.4) is 0 Å². The summed E-state index contributed by atoms with van der Waals surface area (Å²) in [6, 6.07) is 7.51. The van der Waals surface area contributed by atoms with E-state index >= 15 is 0 Å². The number of quaternary nitrogens is 1. The summed E-state index contributed by atoms with van der Waals surface area (Å²) in [4.78, 5) is 25.3. The molecule has 1 aliphatic heterocycles. The third-order valence-electron chi connectivity index (χ3n) is 5.48. The minimum Gasteiger partial charge on any atom is -0.465 e. The highest BCUT2D eigenvalue weighted by molar-refractivity contribution is 5.93. The second-order valence-electron chi connectivity index (χ2n) is 7.00. The molecule has 1 aromatic rings. The number of likely N-dealkylation sites (tertiary alicyclic amines) is 1. The van der Waals surface area contributed by atoms with Gasteiger partial charge in [0, 0.05) is 11.6 Å². The van der Waals surface area contributed by atoms with Crippen LogP contribution in [0.2, 0.25) is 0 Å². The van der Waals surface area contributed by atoms with E-state index in [2.05, 4.69) is 10.1 Å². The lowest BCUT2D eigenvalue weighted by atomic mass is 9.78. The highest BCUT2D eigenvalue weighted by Gasteiger charge is 2.37. The molecule has 1 heterocycles. The molecule has 2 fully saturated rings. The number of methoxy groups -OCH3 is 1. The molecular weight excluding hydrogens is 304 g/mol. The highest BCUT2D eigenvalue weighted by atomic mass is 16.5. The van der Waals surface area contributed by atoms with Crippen molar-refractivity contribution in [3.05, 3.63) is 29.8 Å². The second-order valence-corrected chi connectivity index (χ2v) is 7.00. The predicted molar refractivity (Wildman–Crippen MR) is 92.1 cm³/mol. The number of hydrogen-bond acceptors (Lipinski definition) is 3. The Labute approximate surface area is 143 Å². The number of ether oxygens (including phenoxy) is 1. The second kappa shape index (κ2) is 7.79. The van der Waals surface area contributed by atoms with E-state index in [1.165, 1.54) is 50.5 Å². The number of nitrogens with one attached hydrogen (secondary N) is 2. The number of benzene rings is 1. The van der Waals surface area contributed by atoms with Crippen LogP contribution in [0.4, 0.5) is 5.69 Å². The minimum absolute atomic E-state index is 0.0574. The molecule has 5 nitrogen and oxygen atoms in total. The van der Waals surface area contributed by atoms with E-state index in [0.29, 0.717) is 18.2 Å². The number of anilines is 1. The fourth-order valence-electron chi connectivity index (χ4n) is 4.31. The number of esters is 1. The summed E-state index contributed by atoms with van der Waals surface area (Å²) in [6.45, 7) is 1.65. The smallest absolute Gasteiger partial charge is 0.337 e. The fraction of sp³-hybridized carbons (Fsp3) is 0.579. The Kier molecular flexibility index (Phi) is 5.51. The first kappa shape index (κ1) is 17.0. The van der Waals surface area contributed by atoms with Gasteiger partial charge in [0.1, 0.15) is 0 Å². The van der Waals surface area contributed by atoms with Gasteiger partial charge in [-0.1, -0.05) is 6.42 Å². The molecule has 1 amide bonds. The molecule has 1 saturated carbocycles. The summed E-state index contributed by atoms with van der Waals surface area (Å²) in [5, 5.41) is 2.96. The van der Waals surface area contributed by atoms with Gasteiger partial charge in [-0.2, -0.15) is 0 Å². The molecule has 1 unspecified atom stereocenters. The van der Waals surface area contributed by atoms with Crippen molar-refractivity contribution < 1.29 is 19.2 Å². The van der Waals surface area contributed by atoms with Gasteiger partial charge in [-0.05, 0) is 56.4 Å². The maximum absolute atomic E-state index is 12.4. The summed E-state index contributed by atoms with van der Waals surface area (Å²) in [7, 11) is 1.36. The normalized spacial score (nSPS) is 26.3. The van der Waals surface area contributed by atoms with Crippen LogP contribution in [0.25, 0.3) is 0 Å². The van der Waals surface area contributed by atoms with Gasteiger partial charge in [-0.15, -0.1) is 0 Å². The van der Waals surface area contributed by atoms with Crippen molar-refractivity contribution in [1.82, 2.24) is 0 Å². The van der Waals surface area contributed by atoms with E-state index in [1.807, 2.05) is 0 Å². The van der Waals surface area contributed by atoms with Crippen LogP contribution in [-0.2, 0) is 9.53 Å². The zero-order valence-corrected chi connectivity index (χ0v) is 14.3. The van der Waals surface area contributed by atoms with Crippen molar-refractivity contribution in [2.24, 2.45) is 5.92 Å². The van der Waals surface area contributed by atoms with Gasteiger partial charge < -0.3 is 15.0 Å². The molecule has 130 valence electrons. The predicted octanol–water partition coefficient (Wildman–Crippen LogP) is 1.65. The van der Waals surface area contributed by atoms with Gasteiger partial charge in [0.15, 0.2) is 6.54 Å². The van der Waals surface area contributed by atoms with E-state index in [-0.39, 0.29) is 11.9 Å². The van der Waals surface area contributed by atoms with E-state index in [9.17, 15) is 9.59 Å². The summed E-state index contributed by atoms with van der Waals surface area (Å²) < 4.78 is 4.68. The van der Waals surface area contributed by atoms with Gasteiger partial charge in [0.05, 0.1) is 25.3 Å². The lowest BCUT2D eigenvalue weighted by molar-refractivity contribution is -0.928. The molecule has 3 rings (SSSR count). The Bertz CT molecular complexity index is 583. The van der Waals surface area contributed by atoms with Gasteiger partial charge >= 0.3 is 5.97 Å². The average Bonchev–Trinajstić information content (AvgIpc) is 2.62. The summed E-state index contributed by atoms with van der Waals surface area (Å²) >= 11 is 0. The third-order valence-corrected chi connectivity index (χ3v) is 5.48. The number of carbonyl (C=O) groups excluding carboxylic acids is 2. The Balaban J connectivity index is 1.56. The van der Waals surface area contributed by atoms with Crippen LogP contribution in [0.5, 0.6) is 0 Å². The Morgan fingerprint density at radius 3 is 2.58 bits per heavy atom. The van der Waals surface area contributed by atoms with Crippen LogP contribution in [-0.4, -0.2) is 38.1 Å². The van der Waals surface area contributed by atoms with E-state index < -0.39 is 0 Å². The van der Waals surface area contributed by atoms with Crippen molar-refractivity contribution in [3.63, 3.8) is 0 Å². The minimum atomic E-state index is -0.367. The lowest BCUT2D eigenvalue weighted by Crippen LogP contribution is -3.18. The Morgan fingerprint density at radius 1 is 1.12 bits per heavy atom. The largest absolute Gasteiger partial charge is 0.465 e. The van der Waals surface area contributed by atoms with Crippen molar-refractivity contribution in [1.29, 1.82) is 0 Å². The van der Waals surface area contributed by atoms with Crippen LogP contribution in [0.1, 0.15) is 48.9 Å². The van der Waals surface area contributed by atoms with Crippen LogP contribution >= 0.6 is 0 Å². The molecule has 0 bridgehead atoms.